The molecule has 0 saturated carbocycles. The molecule has 4 nitrogen and oxygen atoms in total. The van der Waals surface area contributed by atoms with Crippen LogP contribution >= 0.6 is 11.6 Å². The maximum atomic E-state index is 5.96. The zero-order chi connectivity index (χ0) is 12.4. The summed E-state index contributed by atoms with van der Waals surface area (Å²) in [5, 5.41) is 8.10. The van der Waals surface area contributed by atoms with E-state index >= 15 is 0 Å². The number of nitrogens with one attached hydrogen (secondary N) is 1. The van der Waals surface area contributed by atoms with Crippen molar-refractivity contribution in [2.75, 3.05) is 7.05 Å². The highest BCUT2D eigenvalue weighted by Crippen LogP contribution is 2.17. The number of rotatable bonds is 4. The van der Waals surface area contributed by atoms with Crippen LogP contribution in [0.25, 0.3) is 0 Å². The lowest BCUT2D eigenvalue weighted by Crippen LogP contribution is -2.04. The second-order valence-corrected chi connectivity index (χ2v) is 4.49. The van der Waals surface area contributed by atoms with Gasteiger partial charge in [0.2, 0.25) is 0 Å². The summed E-state index contributed by atoms with van der Waals surface area (Å²) in [6, 6.07) is 2.05. The first kappa shape index (κ1) is 12.2. The third-order valence-electron chi connectivity index (χ3n) is 2.64. The highest BCUT2D eigenvalue weighted by atomic mass is 35.5. The molecule has 0 unspecified atom stereocenters. The Morgan fingerprint density at radius 2 is 2.24 bits per heavy atom. The second-order valence-electron chi connectivity index (χ2n) is 4.08. The van der Waals surface area contributed by atoms with Crippen LogP contribution in [0.2, 0.25) is 5.02 Å². The van der Waals surface area contributed by atoms with Crippen LogP contribution in [0.4, 0.5) is 0 Å². The van der Waals surface area contributed by atoms with Gasteiger partial charge in [-0.1, -0.05) is 11.6 Å². The Kier molecular flexibility index (Phi) is 3.54. The van der Waals surface area contributed by atoms with E-state index in [9.17, 15) is 0 Å². The molecule has 0 aromatic carbocycles. The molecule has 0 fully saturated rings. The molecular weight excluding hydrogens is 238 g/mol. The van der Waals surface area contributed by atoms with E-state index in [1.807, 2.05) is 27.1 Å². The van der Waals surface area contributed by atoms with Crippen LogP contribution in [0.5, 0.6) is 0 Å². The van der Waals surface area contributed by atoms with E-state index in [0.29, 0.717) is 11.6 Å². The molecule has 0 bridgehead atoms. The number of aryl methyl sites for hydroxylation is 2. The monoisotopic (exact) mass is 253 g/mol. The van der Waals surface area contributed by atoms with Gasteiger partial charge in [0.15, 0.2) is 0 Å². The molecule has 2 heterocycles. The molecule has 0 amide bonds. The summed E-state index contributed by atoms with van der Waals surface area (Å²) < 4.78 is 7.47. The summed E-state index contributed by atoms with van der Waals surface area (Å²) in [7, 11) is 1.92. The smallest absolute Gasteiger partial charge is 0.125 e. The van der Waals surface area contributed by atoms with E-state index < -0.39 is 0 Å². The van der Waals surface area contributed by atoms with Gasteiger partial charge in [0.25, 0.3) is 0 Å². The topological polar surface area (TPSA) is 43.0 Å². The van der Waals surface area contributed by atoms with Crippen molar-refractivity contribution in [2.45, 2.75) is 26.9 Å². The first-order chi connectivity index (χ1) is 8.10. The molecule has 0 radical (unpaired) electrons. The SMILES string of the molecule is CNCc1cc(Cn2cc(Cl)c(C)n2)oc1C. The van der Waals surface area contributed by atoms with Crippen molar-refractivity contribution in [3.05, 3.63) is 40.1 Å². The molecular formula is C12H16ClN3O. The Morgan fingerprint density at radius 1 is 1.47 bits per heavy atom. The third kappa shape index (κ3) is 2.70. The minimum atomic E-state index is 0.609. The molecule has 17 heavy (non-hydrogen) atoms. The first-order valence-corrected chi connectivity index (χ1v) is 5.90. The van der Waals surface area contributed by atoms with Crippen molar-refractivity contribution in [2.24, 2.45) is 0 Å². The lowest BCUT2D eigenvalue weighted by Gasteiger charge is -1.96. The van der Waals surface area contributed by atoms with Gasteiger partial charge < -0.3 is 9.73 Å². The summed E-state index contributed by atoms with van der Waals surface area (Å²) in [4.78, 5) is 0. The lowest BCUT2D eigenvalue weighted by atomic mass is 10.2. The third-order valence-corrected chi connectivity index (χ3v) is 3.01. The van der Waals surface area contributed by atoms with Crippen LogP contribution in [0.15, 0.2) is 16.7 Å². The van der Waals surface area contributed by atoms with Crippen molar-refractivity contribution in [1.29, 1.82) is 0 Å². The van der Waals surface area contributed by atoms with E-state index in [1.165, 1.54) is 5.56 Å². The Bertz CT molecular complexity index is 496. The molecule has 0 atom stereocenters. The van der Waals surface area contributed by atoms with Crippen molar-refractivity contribution >= 4 is 11.6 Å². The maximum absolute atomic E-state index is 5.96. The molecule has 2 rings (SSSR count). The number of hydrogen-bond donors (Lipinski definition) is 1. The molecule has 0 aliphatic rings. The number of aromatic nitrogens is 2. The molecule has 2 aromatic heterocycles. The standard InChI is InChI=1S/C12H16ClN3O/c1-8-12(13)7-16(15-8)6-11-4-10(5-14-3)9(2)17-11/h4,7,14H,5-6H2,1-3H3. The second kappa shape index (κ2) is 4.94. The predicted molar refractivity (Wildman–Crippen MR) is 67.3 cm³/mol. The van der Waals surface area contributed by atoms with Gasteiger partial charge in [-0.15, -0.1) is 0 Å². The summed E-state index contributed by atoms with van der Waals surface area (Å²) in [5.74, 6) is 1.84. The van der Waals surface area contributed by atoms with Crippen LogP contribution in [0.1, 0.15) is 22.8 Å². The predicted octanol–water partition coefficient (Wildman–Crippen LogP) is 2.51. The fourth-order valence-electron chi connectivity index (χ4n) is 1.77. The Labute approximate surface area is 106 Å². The highest BCUT2D eigenvalue weighted by molar-refractivity contribution is 6.31. The molecule has 0 aliphatic carbocycles. The van der Waals surface area contributed by atoms with Crippen LogP contribution in [-0.4, -0.2) is 16.8 Å². The number of hydrogen-bond acceptors (Lipinski definition) is 3. The van der Waals surface area contributed by atoms with Gasteiger partial charge >= 0.3 is 0 Å². The lowest BCUT2D eigenvalue weighted by molar-refractivity contribution is 0.456. The van der Waals surface area contributed by atoms with Crippen LogP contribution in [-0.2, 0) is 13.1 Å². The Hall–Kier alpha value is -1.26. The molecule has 5 heteroatoms. The van der Waals surface area contributed by atoms with E-state index in [4.69, 9.17) is 16.0 Å². The van der Waals surface area contributed by atoms with E-state index in [0.717, 1.165) is 23.8 Å². The molecule has 2 aromatic rings. The van der Waals surface area contributed by atoms with Crippen molar-refractivity contribution in [1.82, 2.24) is 15.1 Å². The summed E-state index contributed by atoms with van der Waals surface area (Å²) in [6.07, 6.45) is 1.81. The highest BCUT2D eigenvalue weighted by Gasteiger charge is 2.09. The van der Waals surface area contributed by atoms with Crippen LogP contribution in [0.3, 0.4) is 0 Å². The fourth-order valence-corrected chi connectivity index (χ4v) is 1.92. The van der Waals surface area contributed by atoms with Gasteiger partial charge in [-0.2, -0.15) is 5.10 Å². The van der Waals surface area contributed by atoms with E-state index in [-0.39, 0.29) is 0 Å². The molecule has 0 saturated heterocycles. The van der Waals surface area contributed by atoms with Gasteiger partial charge in [-0.3, -0.25) is 4.68 Å². The number of nitrogens with zero attached hydrogens (tertiary/aromatic N) is 2. The number of halogens is 1. The number of furan rings is 1. The van der Waals surface area contributed by atoms with E-state index in [2.05, 4.69) is 16.5 Å². The first-order valence-electron chi connectivity index (χ1n) is 5.52. The van der Waals surface area contributed by atoms with Crippen LogP contribution in [0, 0.1) is 13.8 Å². The van der Waals surface area contributed by atoms with Crippen molar-refractivity contribution in [3.63, 3.8) is 0 Å². The van der Waals surface area contributed by atoms with Crippen molar-refractivity contribution < 1.29 is 4.42 Å². The zero-order valence-electron chi connectivity index (χ0n) is 10.2. The molecule has 0 aliphatic heterocycles. The van der Waals surface area contributed by atoms with Gasteiger partial charge in [0, 0.05) is 18.3 Å². The summed E-state index contributed by atoms with van der Waals surface area (Å²) in [6.45, 7) is 5.28. The fraction of sp³-hybridized carbons (Fsp3) is 0.417. The summed E-state index contributed by atoms with van der Waals surface area (Å²) >= 11 is 5.96. The Morgan fingerprint density at radius 3 is 2.82 bits per heavy atom. The quantitative estimate of drug-likeness (QED) is 0.911. The summed E-state index contributed by atoms with van der Waals surface area (Å²) in [5.41, 5.74) is 2.02. The minimum Gasteiger partial charge on any atom is -0.464 e. The van der Waals surface area contributed by atoms with Gasteiger partial charge in [0.05, 0.1) is 17.3 Å². The van der Waals surface area contributed by atoms with Gasteiger partial charge in [-0.25, -0.2) is 0 Å². The average Bonchev–Trinajstić information content (AvgIpc) is 2.73. The van der Waals surface area contributed by atoms with Gasteiger partial charge in [-0.05, 0) is 27.0 Å². The molecule has 92 valence electrons. The van der Waals surface area contributed by atoms with E-state index in [1.54, 1.807) is 4.68 Å². The normalized spacial score (nSPS) is 11.1. The minimum absolute atomic E-state index is 0.609. The Balaban J connectivity index is 2.15. The molecule has 1 N–H and O–H groups in total. The zero-order valence-corrected chi connectivity index (χ0v) is 11.0. The van der Waals surface area contributed by atoms with Crippen molar-refractivity contribution in [3.8, 4) is 0 Å². The van der Waals surface area contributed by atoms with Crippen LogP contribution < -0.4 is 5.32 Å². The van der Waals surface area contributed by atoms with Gasteiger partial charge in [0.1, 0.15) is 11.5 Å². The maximum Gasteiger partial charge on any atom is 0.125 e. The average molecular weight is 254 g/mol. The largest absolute Gasteiger partial charge is 0.464 e. The molecule has 0 spiro atoms.